The molecule has 0 aliphatic rings. The van der Waals surface area contributed by atoms with Crippen molar-refractivity contribution in [1.82, 2.24) is 9.88 Å². The molecule has 5 nitrogen and oxygen atoms in total. The summed E-state index contributed by atoms with van der Waals surface area (Å²) in [5, 5.41) is 3.26. The number of fused-ring (bicyclic) bond motifs is 1. The monoisotopic (exact) mass is 329 g/mol. The number of nitrogen functional groups attached to an aromatic ring is 1. The average molecular weight is 329 g/mol. The number of amides is 1. The molecule has 0 saturated carbocycles. The van der Waals surface area contributed by atoms with Gasteiger partial charge in [0.15, 0.2) is 0 Å². The van der Waals surface area contributed by atoms with E-state index in [1.54, 1.807) is 12.3 Å². The summed E-state index contributed by atoms with van der Waals surface area (Å²) in [5.41, 5.74) is 7.10. The van der Waals surface area contributed by atoms with Crippen molar-refractivity contribution in [2.45, 2.75) is 46.6 Å². The fraction of sp³-hybridized carbons (Fsp3) is 0.474. The van der Waals surface area contributed by atoms with Gasteiger partial charge < -0.3 is 15.6 Å². The Kier molecular flexibility index (Phi) is 6.01. The number of rotatable bonds is 7. The van der Waals surface area contributed by atoms with E-state index in [1.807, 2.05) is 16.7 Å². The van der Waals surface area contributed by atoms with Gasteiger partial charge in [0.2, 0.25) is 5.43 Å². The van der Waals surface area contributed by atoms with Gasteiger partial charge in [-0.3, -0.25) is 9.59 Å². The molecule has 0 fully saturated rings. The third kappa shape index (κ3) is 3.96. The topological polar surface area (TPSA) is 77.1 Å². The van der Waals surface area contributed by atoms with E-state index in [9.17, 15) is 9.59 Å². The molecule has 0 unspecified atom stereocenters. The number of unbranched alkanes of at least 4 members (excludes halogenated alkanes) is 1. The van der Waals surface area contributed by atoms with E-state index in [4.69, 9.17) is 5.73 Å². The predicted molar refractivity (Wildman–Crippen MR) is 99.3 cm³/mol. The fourth-order valence-corrected chi connectivity index (χ4v) is 2.68. The molecule has 0 aliphatic carbocycles. The van der Waals surface area contributed by atoms with Gasteiger partial charge in [-0.15, -0.1) is 0 Å². The first-order valence-corrected chi connectivity index (χ1v) is 8.65. The molecule has 130 valence electrons. The van der Waals surface area contributed by atoms with Crippen LogP contribution in [0.15, 0.2) is 29.2 Å². The number of carbonyl (C=O) groups excluding carboxylic acids is 1. The smallest absolute Gasteiger partial charge is 0.256 e. The van der Waals surface area contributed by atoms with Gasteiger partial charge in [0.05, 0.1) is 10.9 Å². The van der Waals surface area contributed by atoms with Crippen molar-refractivity contribution in [2.24, 2.45) is 5.92 Å². The third-order valence-electron chi connectivity index (χ3n) is 4.15. The average Bonchev–Trinajstić information content (AvgIpc) is 2.54. The number of nitrogens with one attached hydrogen (secondary N) is 1. The van der Waals surface area contributed by atoms with Crippen LogP contribution >= 0.6 is 0 Å². The Morgan fingerprint density at radius 1 is 1.33 bits per heavy atom. The van der Waals surface area contributed by atoms with Gasteiger partial charge in [-0.25, -0.2) is 0 Å². The van der Waals surface area contributed by atoms with Gasteiger partial charge >= 0.3 is 0 Å². The van der Waals surface area contributed by atoms with Crippen LogP contribution in [0.25, 0.3) is 10.9 Å². The van der Waals surface area contributed by atoms with Crippen LogP contribution < -0.4 is 16.5 Å². The number of anilines is 1. The second-order valence-electron chi connectivity index (χ2n) is 6.60. The van der Waals surface area contributed by atoms with Crippen molar-refractivity contribution in [1.29, 1.82) is 0 Å². The number of hydrogen-bond donors (Lipinski definition) is 2. The molecule has 5 heteroatoms. The SMILES string of the molecule is CCCCNC(=O)c1cn(CCC(C)C)c2cccc(N)c2c1=O. The molecule has 0 atom stereocenters. The van der Waals surface area contributed by atoms with E-state index in [1.165, 1.54) is 0 Å². The largest absolute Gasteiger partial charge is 0.398 e. The van der Waals surface area contributed by atoms with Crippen LogP contribution in [-0.2, 0) is 6.54 Å². The third-order valence-corrected chi connectivity index (χ3v) is 4.15. The fourth-order valence-electron chi connectivity index (χ4n) is 2.68. The minimum Gasteiger partial charge on any atom is -0.398 e. The predicted octanol–water partition coefficient (Wildman–Crippen LogP) is 3.16. The van der Waals surface area contributed by atoms with Crippen LogP contribution in [0.3, 0.4) is 0 Å². The molecule has 1 aromatic heterocycles. The van der Waals surface area contributed by atoms with E-state index in [0.717, 1.165) is 31.3 Å². The highest BCUT2D eigenvalue weighted by atomic mass is 16.2. The molecule has 0 radical (unpaired) electrons. The zero-order valence-electron chi connectivity index (χ0n) is 14.8. The summed E-state index contributed by atoms with van der Waals surface area (Å²) in [6.07, 6.45) is 4.52. The molecule has 0 aliphatic heterocycles. The second kappa shape index (κ2) is 7.99. The molecule has 1 aromatic carbocycles. The van der Waals surface area contributed by atoms with E-state index < -0.39 is 0 Å². The lowest BCUT2D eigenvalue weighted by Gasteiger charge is -2.15. The lowest BCUT2D eigenvalue weighted by atomic mass is 10.1. The first-order valence-electron chi connectivity index (χ1n) is 8.65. The van der Waals surface area contributed by atoms with Crippen molar-refractivity contribution < 1.29 is 4.79 Å². The normalized spacial score (nSPS) is 11.2. The number of hydrogen-bond acceptors (Lipinski definition) is 3. The Balaban J connectivity index is 2.51. The number of aryl methyl sites for hydroxylation is 1. The molecular formula is C19H27N3O2. The van der Waals surface area contributed by atoms with Crippen molar-refractivity contribution >= 4 is 22.5 Å². The Labute approximate surface area is 142 Å². The van der Waals surface area contributed by atoms with Crippen LogP contribution in [-0.4, -0.2) is 17.0 Å². The first-order chi connectivity index (χ1) is 11.5. The van der Waals surface area contributed by atoms with Gasteiger partial charge in [0.1, 0.15) is 5.56 Å². The van der Waals surface area contributed by atoms with Crippen LogP contribution in [0, 0.1) is 5.92 Å². The molecule has 2 rings (SSSR count). The van der Waals surface area contributed by atoms with Crippen molar-refractivity contribution in [3.8, 4) is 0 Å². The van der Waals surface area contributed by atoms with Crippen LogP contribution in [0.4, 0.5) is 5.69 Å². The van der Waals surface area contributed by atoms with E-state index in [0.29, 0.717) is 23.5 Å². The zero-order valence-corrected chi connectivity index (χ0v) is 14.8. The summed E-state index contributed by atoms with van der Waals surface area (Å²) in [7, 11) is 0. The minimum absolute atomic E-state index is 0.167. The second-order valence-corrected chi connectivity index (χ2v) is 6.60. The van der Waals surface area contributed by atoms with Crippen molar-refractivity contribution in [2.75, 3.05) is 12.3 Å². The first kappa shape index (κ1) is 18.0. The van der Waals surface area contributed by atoms with Gasteiger partial charge in [-0.1, -0.05) is 33.3 Å². The molecule has 3 N–H and O–H groups in total. The Morgan fingerprint density at radius 3 is 2.75 bits per heavy atom. The molecule has 0 spiro atoms. The number of nitrogens with two attached hydrogens (primary N) is 1. The molecular weight excluding hydrogens is 302 g/mol. The maximum absolute atomic E-state index is 12.8. The summed E-state index contributed by atoms with van der Waals surface area (Å²) in [5.74, 6) is 0.208. The molecule has 0 saturated heterocycles. The molecule has 24 heavy (non-hydrogen) atoms. The van der Waals surface area contributed by atoms with E-state index in [-0.39, 0.29) is 16.9 Å². The Morgan fingerprint density at radius 2 is 2.08 bits per heavy atom. The van der Waals surface area contributed by atoms with Gasteiger partial charge in [0.25, 0.3) is 5.91 Å². The standard InChI is InChI=1S/C19H27N3O2/c1-4-5-10-21-19(24)14-12-22(11-9-13(2)3)16-8-6-7-15(20)17(16)18(14)23/h6-8,12-13H,4-5,9-11,20H2,1-3H3,(H,21,24). The highest BCUT2D eigenvalue weighted by Gasteiger charge is 2.16. The summed E-state index contributed by atoms with van der Waals surface area (Å²) in [4.78, 5) is 25.2. The highest BCUT2D eigenvalue weighted by Crippen LogP contribution is 2.19. The van der Waals surface area contributed by atoms with Gasteiger partial charge in [-0.2, -0.15) is 0 Å². The Bertz CT molecular complexity index is 778. The van der Waals surface area contributed by atoms with Crippen LogP contribution in [0.5, 0.6) is 0 Å². The number of carbonyl (C=O) groups is 1. The molecule has 2 aromatic rings. The van der Waals surface area contributed by atoms with Crippen LogP contribution in [0.1, 0.15) is 50.4 Å². The maximum atomic E-state index is 12.8. The minimum atomic E-state index is -0.322. The number of aromatic nitrogens is 1. The number of benzene rings is 1. The molecule has 1 heterocycles. The van der Waals surface area contributed by atoms with E-state index in [2.05, 4.69) is 26.1 Å². The lowest BCUT2D eigenvalue weighted by molar-refractivity contribution is 0.0951. The van der Waals surface area contributed by atoms with Crippen molar-refractivity contribution in [3.63, 3.8) is 0 Å². The highest BCUT2D eigenvalue weighted by molar-refractivity contribution is 6.00. The molecule has 0 bridgehead atoms. The van der Waals surface area contributed by atoms with E-state index >= 15 is 0 Å². The summed E-state index contributed by atoms with van der Waals surface area (Å²) in [6.45, 7) is 7.67. The number of nitrogens with zero attached hydrogens (tertiary/aromatic N) is 1. The summed E-state index contributed by atoms with van der Waals surface area (Å²) in [6, 6.07) is 5.42. The lowest BCUT2D eigenvalue weighted by Crippen LogP contribution is -2.30. The number of pyridine rings is 1. The molecule has 1 amide bonds. The zero-order chi connectivity index (χ0) is 17.7. The van der Waals surface area contributed by atoms with Gasteiger partial charge in [-0.05, 0) is 30.9 Å². The van der Waals surface area contributed by atoms with Crippen LogP contribution in [0.2, 0.25) is 0 Å². The summed E-state index contributed by atoms with van der Waals surface area (Å²) < 4.78 is 1.97. The summed E-state index contributed by atoms with van der Waals surface area (Å²) >= 11 is 0. The van der Waals surface area contributed by atoms with Gasteiger partial charge in [0, 0.05) is 25.0 Å². The quantitative estimate of drug-likeness (QED) is 0.605. The maximum Gasteiger partial charge on any atom is 0.256 e. The Hall–Kier alpha value is -2.30. The van der Waals surface area contributed by atoms with Crippen molar-refractivity contribution in [3.05, 3.63) is 40.2 Å².